The van der Waals surface area contributed by atoms with Gasteiger partial charge in [0.15, 0.2) is 0 Å². The van der Waals surface area contributed by atoms with E-state index in [0.29, 0.717) is 29.3 Å². The van der Waals surface area contributed by atoms with Crippen LogP contribution in [-0.4, -0.2) is 18.5 Å². The van der Waals surface area contributed by atoms with Gasteiger partial charge in [-0.25, -0.2) is 4.79 Å². The predicted octanol–water partition coefficient (Wildman–Crippen LogP) is 7.21. The Morgan fingerprint density at radius 3 is 2.41 bits per heavy atom. The van der Waals surface area contributed by atoms with Gasteiger partial charge in [0.05, 0.1) is 23.6 Å². The molecule has 37 heavy (non-hydrogen) atoms. The van der Waals surface area contributed by atoms with E-state index in [1.54, 1.807) is 30.0 Å². The van der Waals surface area contributed by atoms with Gasteiger partial charge >= 0.3 is 5.97 Å². The summed E-state index contributed by atoms with van der Waals surface area (Å²) in [5.41, 5.74) is 6.61. The van der Waals surface area contributed by atoms with E-state index in [9.17, 15) is 9.59 Å². The molecule has 0 saturated carbocycles. The number of hydrogen-bond acceptors (Lipinski definition) is 4. The third-order valence-electron chi connectivity index (χ3n) is 6.26. The van der Waals surface area contributed by atoms with Crippen molar-refractivity contribution >= 4 is 29.3 Å². The van der Waals surface area contributed by atoms with Gasteiger partial charge in [-0.15, -0.1) is 0 Å². The largest absolute Gasteiger partial charge is 0.462 e. The molecule has 0 bridgehead atoms. The van der Waals surface area contributed by atoms with E-state index in [1.165, 1.54) is 0 Å². The number of carbonyl (C=O) groups excluding carboxylic acids is 2. The van der Waals surface area contributed by atoms with Gasteiger partial charge < -0.3 is 9.15 Å². The van der Waals surface area contributed by atoms with Crippen molar-refractivity contribution < 1.29 is 18.7 Å². The van der Waals surface area contributed by atoms with Crippen LogP contribution in [0.1, 0.15) is 39.7 Å². The molecule has 3 aromatic carbocycles. The van der Waals surface area contributed by atoms with Crippen molar-refractivity contribution in [3.05, 3.63) is 125 Å². The van der Waals surface area contributed by atoms with Crippen LogP contribution >= 0.6 is 0 Å². The summed E-state index contributed by atoms with van der Waals surface area (Å²) in [5.74, 6) is 0.753. The summed E-state index contributed by atoms with van der Waals surface area (Å²) in [7, 11) is 0. The van der Waals surface area contributed by atoms with Crippen molar-refractivity contribution in [1.82, 2.24) is 0 Å². The van der Waals surface area contributed by atoms with Gasteiger partial charge in [-0.1, -0.05) is 54.6 Å². The summed E-state index contributed by atoms with van der Waals surface area (Å²) in [5, 5.41) is 0. The minimum Gasteiger partial charge on any atom is -0.462 e. The third kappa shape index (κ3) is 4.89. The monoisotopic (exact) mass is 489 g/mol. The zero-order valence-corrected chi connectivity index (χ0v) is 21.0. The highest BCUT2D eigenvalue weighted by Gasteiger charge is 2.31. The number of furan rings is 1. The fraction of sp³-hybridized carbons (Fsp3) is 0.125. The number of nitrogens with zero attached hydrogens (tertiary/aromatic N) is 1. The first-order valence-corrected chi connectivity index (χ1v) is 12.2. The molecular weight excluding hydrogens is 462 g/mol. The fourth-order valence-electron chi connectivity index (χ4n) is 4.36. The van der Waals surface area contributed by atoms with E-state index in [4.69, 9.17) is 9.15 Å². The summed E-state index contributed by atoms with van der Waals surface area (Å²) in [6.07, 6.45) is 3.68. The molecule has 0 spiro atoms. The Morgan fingerprint density at radius 2 is 1.68 bits per heavy atom. The van der Waals surface area contributed by atoms with Gasteiger partial charge in [-0.3, -0.25) is 9.69 Å². The minimum atomic E-state index is -0.354. The van der Waals surface area contributed by atoms with Crippen LogP contribution in [0, 0.1) is 13.8 Å². The Balaban J connectivity index is 1.48. The van der Waals surface area contributed by atoms with Crippen molar-refractivity contribution in [1.29, 1.82) is 0 Å². The number of ether oxygens (including phenoxy) is 1. The van der Waals surface area contributed by atoms with E-state index in [0.717, 1.165) is 33.6 Å². The number of benzene rings is 3. The quantitative estimate of drug-likeness (QED) is 0.212. The maximum absolute atomic E-state index is 13.7. The smallest absolute Gasteiger partial charge is 0.338 e. The van der Waals surface area contributed by atoms with E-state index >= 15 is 0 Å². The Kier molecular flexibility index (Phi) is 6.60. The maximum atomic E-state index is 13.7. The number of rotatable bonds is 6. The Hall–Kier alpha value is -4.64. The summed E-state index contributed by atoms with van der Waals surface area (Å²) in [6.45, 7) is 6.14. The highest BCUT2D eigenvalue weighted by atomic mass is 16.5. The van der Waals surface area contributed by atoms with Crippen LogP contribution in [0.5, 0.6) is 0 Å². The number of aryl methyl sites for hydroxylation is 2. The van der Waals surface area contributed by atoms with E-state index in [-0.39, 0.29) is 11.9 Å². The summed E-state index contributed by atoms with van der Waals surface area (Å²) in [6, 6.07) is 26.8. The van der Waals surface area contributed by atoms with Crippen LogP contribution in [-0.2, 0) is 9.53 Å². The topological polar surface area (TPSA) is 59.8 Å². The summed E-state index contributed by atoms with van der Waals surface area (Å²) >= 11 is 0. The highest BCUT2D eigenvalue weighted by Crippen LogP contribution is 2.37. The molecule has 5 nitrogen and oxygen atoms in total. The second-order valence-electron chi connectivity index (χ2n) is 8.93. The van der Waals surface area contributed by atoms with Gasteiger partial charge in [0.2, 0.25) is 0 Å². The zero-order chi connectivity index (χ0) is 25.9. The van der Waals surface area contributed by atoms with Gasteiger partial charge in [-0.05, 0) is 79.9 Å². The molecule has 0 unspecified atom stereocenters. The second kappa shape index (κ2) is 10.2. The molecule has 1 aromatic heterocycles. The molecule has 0 fully saturated rings. The predicted molar refractivity (Wildman–Crippen MR) is 146 cm³/mol. The lowest BCUT2D eigenvalue weighted by atomic mass is 10.1. The van der Waals surface area contributed by atoms with E-state index in [2.05, 4.69) is 0 Å². The van der Waals surface area contributed by atoms with Crippen molar-refractivity contribution in [3.63, 3.8) is 0 Å². The molecule has 1 aliphatic rings. The lowest BCUT2D eigenvalue weighted by Crippen LogP contribution is -2.25. The molecule has 0 atom stereocenters. The van der Waals surface area contributed by atoms with Gasteiger partial charge in [0, 0.05) is 11.1 Å². The van der Waals surface area contributed by atoms with E-state index < -0.39 is 0 Å². The number of carbonyl (C=O) groups is 2. The van der Waals surface area contributed by atoms with Crippen molar-refractivity contribution in [2.75, 3.05) is 11.5 Å². The second-order valence-corrected chi connectivity index (χ2v) is 8.93. The molecule has 184 valence electrons. The average Bonchev–Trinajstić information content (AvgIpc) is 3.51. The molecule has 5 heteroatoms. The molecule has 0 radical (unpaired) electrons. The van der Waals surface area contributed by atoms with Crippen LogP contribution in [0.15, 0.2) is 101 Å². The van der Waals surface area contributed by atoms with Crippen LogP contribution < -0.4 is 4.90 Å². The first kappa shape index (κ1) is 24.1. The van der Waals surface area contributed by atoms with Gasteiger partial charge in [0.1, 0.15) is 11.5 Å². The van der Waals surface area contributed by atoms with Crippen LogP contribution in [0.4, 0.5) is 5.69 Å². The number of anilines is 1. The lowest BCUT2D eigenvalue weighted by molar-refractivity contribution is -0.113. The summed E-state index contributed by atoms with van der Waals surface area (Å²) < 4.78 is 11.1. The molecular formula is C32H27NO4. The van der Waals surface area contributed by atoms with E-state index in [1.807, 2.05) is 92.7 Å². The zero-order valence-electron chi connectivity index (χ0n) is 21.0. The van der Waals surface area contributed by atoms with Crippen LogP contribution in [0.2, 0.25) is 0 Å². The maximum Gasteiger partial charge on any atom is 0.338 e. The van der Waals surface area contributed by atoms with Gasteiger partial charge in [0.25, 0.3) is 5.91 Å². The molecule has 5 rings (SSSR count). The lowest BCUT2D eigenvalue weighted by Gasteiger charge is -2.23. The van der Waals surface area contributed by atoms with Gasteiger partial charge in [-0.2, -0.15) is 0 Å². The first-order valence-electron chi connectivity index (χ1n) is 12.2. The number of esters is 1. The van der Waals surface area contributed by atoms with Crippen molar-refractivity contribution in [3.8, 4) is 11.3 Å². The molecule has 1 amide bonds. The molecule has 0 aliphatic carbocycles. The van der Waals surface area contributed by atoms with Crippen LogP contribution in [0.25, 0.3) is 23.1 Å². The van der Waals surface area contributed by atoms with Crippen molar-refractivity contribution in [2.45, 2.75) is 20.8 Å². The summed E-state index contributed by atoms with van der Waals surface area (Å²) in [4.78, 5) is 27.4. The Labute approximate surface area is 216 Å². The standard InChI is InChI=1S/C32H27NO4/c1-4-36-32(35)25-14-12-24(13-15-25)30-17-16-27(37-30)19-26-20-29(23-8-6-5-7-9-23)33(31(26)34)28-18-21(2)10-11-22(28)3/h5-20H,4H2,1-3H3. The Bertz CT molecular complexity index is 1520. The SMILES string of the molecule is CCOC(=O)c1ccc(-c2ccc(C=C3C=C(c4ccccc4)N(c4cc(C)ccc4C)C3=O)o2)cc1. The molecule has 0 N–H and O–H groups in total. The number of hydrogen-bond donors (Lipinski definition) is 0. The fourth-order valence-corrected chi connectivity index (χ4v) is 4.36. The molecule has 2 heterocycles. The minimum absolute atomic E-state index is 0.107. The molecule has 0 saturated heterocycles. The molecule has 4 aromatic rings. The average molecular weight is 490 g/mol. The Morgan fingerprint density at radius 1 is 0.919 bits per heavy atom. The number of amides is 1. The molecule has 1 aliphatic heterocycles. The first-order chi connectivity index (χ1) is 17.9. The third-order valence-corrected chi connectivity index (χ3v) is 6.26. The van der Waals surface area contributed by atoms with Crippen molar-refractivity contribution in [2.24, 2.45) is 0 Å². The normalized spacial score (nSPS) is 14.2. The highest BCUT2D eigenvalue weighted by molar-refractivity contribution is 6.23. The van der Waals surface area contributed by atoms with Crippen LogP contribution in [0.3, 0.4) is 0 Å².